The van der Waals surface area contributed by atoms with Crippen molar-refractivity contribution >= 4 is 5.78 Å². The predicted octanol–water partition coefficient (Wildman–Crippen LogP) is 6.07. The molecule has 2 nitrogen and oxygen atoms in total. The number of ketones is 1. The highest BCUT2D eigenvalue weighted by Gasteiger charge is 2.87. The SMILES string of the molecule is COC(CC(F)(F)C(F)(F)C(F)(F)C(F)(F)C(F)(F)F)c1ccc(C(C)=O)cc1. The molecule has 29 heavy (non-hydrogen) atoms. The van der Waals surface area contributed by atoms with Crippen molar-refractivity contribution in [2.24, 2.45) is 0 Å². The molecule has 0 heterocycles. The number of carbonyl (C=O) groups is 1. The van der Waals surface area contributed by atoms with E-state index in [1.54, 1.807) is 0 Å². The molecule has 0 aliphatic heterocycles. The third-order valence-corrected chi connectivity index (χ3v) is 4.02. The molecule has 166 valence electrons. The summed E-state index contributed by atoms with van der Waals surface area (Å²) in [6.45, 7) is 1.14. The topological polar surface area (TPSA) is 26.3 Å². The third kappa shape index (κ3) is 4.33. The number of alkyl halides is 11. The van der Waals surface area contributed by atoms with Crippen molar-refractivity contribution in [2.45, 2.75) is 49.3 Å². The summed E-state index contributed by atoms with van der Waals surface area (Å²) < 4.78 is 148. The van der Waals surface area contributed by atoms with E-state index in [1.165, 1.54) is 0 Å². The molecule has 0 amide bonds. The van der Waals surface area contributed by atoms with E-state index in [-0.39, 0.29) is 11.1 Å². The first-order valence-electron chi connectivity index (χ1n) is 7.55. The van der Waals surface area contributed by atoms with Crippen LogP contribution in [0.5, 0.6) is 0 Å². The van der Waals surface area contributed by atoms with Crippen LogP contribution in [0.2, 0.25) is 0 Å². The molecular weight excluding hydrogens is 433 g/mol. The van der Waals surface area contributed by atoms with Gasteiger partial charge in [-0.15, -0.1) is 0 Å². The fourth-order valence-electron chi connectivity index (χ4n) is 2.24. The zero-order valence-corrected chi connectivity index (χ0v) is 14.6. The van der Waals surface area contributed by atoms with E-state index >= 15 is 0 Å². The maximum absolute atomic E-state index is 13.9. The first-order chi connectivity index (χ1) is 12.8. The van der Waals surface area contributed by atoms with Crippen LogP contribution in [0, 0.1) is 0 Å². The molecule has 0 aromatic heterocycles. The van der Waals surface area contributed by atoms with E-state index in [0.29, 0.717) is 7.11 Å². The van der Waals surface area contributed by atoms with Gasteiger partial charge in [0.1, 0.15) is 0 Å². The number of benzene rings is 1. The van der Waals surface area contributed by atoms with Gasteiger partial charge in [0.25, 0.3) is 0 Å². The summed E-state index contributed by atoms with van der Waals surface area (Å²) in [6.07, 6.45) is -11.6. The van der Waals surface area contributed by atoms with Gasteiger partial charge in [-0.1, -0.05) is 24.3 Å². The first kappa shape index (κ1) is 25.1. The predicted molar refractivity (Wildman–Crippen MR) is 76.7 cm³/mol. The summed E-state index contributed by atoms with van der Waals surface area (Å²) in [4.78, 5) is 11.1. The minimum absolute atomic E-state index is 0.0667. The molecule has 0 bridgehead atoms. The van der Waals surface area contributed by atoms with Gasteiger partial charge in [-0.2, -0.15) is 48.3 Å². The number of carbonyl (C=O) groups excluding carboxylic acids is 1. The van der Waals surface area contributed by atoms with Crippen LogP contribution < -0.4 is 0 Å². The second kappa shape index (κ2) is 7.73. The van der Waals surface area contributed by atoms with Gasteiger partial charge in [-0.3, -0.25) is 4.79 Å². The Morgan fingerprint density at radius 2 is 1.28 bits per heavy atom. The molecule has 0 spiro atoms. The molecule has 13 heteroatoms. The Labute approximate surface area is 156 Å². The van der Waals surface area contributed by atoms with Crippen molar-refractivity contribution < 1.29 is 57.8 Å². The van der Waals surface area contributed by atoms with Crippen molar-refractivity contribution in [3.05, 3.63) is 35.4 Å². The molecule has 0 aliphatic rings. The Bertz CT molecular complexity index is 723. The van der Waals surface area contributed by atoms with Gasteiger partial charge >= 0.3 is 29.9 Å². The van der Waals surface area contributed by atoms with Crippen LogP contribution in [0.25, 0.3) is 0 Å². The van der Waals surface area contributed by atoms with Crippen LogP contribution in [-0.2, 0) is 4.74 Å². The van der Waals surface area contributed by atoms with Crippen molar-refractivity contribution in [1.82, 2.24) is 0 Å². The number of hydrogen-bond acceptors (Lipinski definition) is 2. The maximum atomic E-state index is 13.9. The van der Waals surface area contributed by atoms with Crippen LogP contribution >= 0.6 is 0 Å². The Kier molecular flexibility index (Phi) is 6.69. The zero-order valence-electron chi connectivity index (χ0n) is 14.6. The summed E-state index contributed by atoms with van der Waals surface area (Å²) in [5.74, 6) is -28.5. The van der Waals surface area contributed by atoms with Crippen molar-refractivity contribution in [2.75, 3.05) is 7.11 Å². The Morgan fingerprint density at radius 3 is 1.62 bits per heavy atom. The normalized spacial score (nSPS) is 15.3. The van der Waals surface area contributed by atoms with E-state index in [9.17, 15) is 53.1 Å². The number of Topliss-reactive ketones (excluding diaryl/α,β-unsaturated/α-hetero) is 1. The van der Waals surface area contributed by atoms with E-state index in [0.717, 1.165) is 31.2 Å². The van der Waals surface area contributed by atoms with Crippen LogP contribution in [0.4, 0.5) is 48.3 Å². The second-order valence-electron chi connectivity index (χ2n) is 6.03. The highest BCUT2D eigenvalue weighted by Crippen LogP contribution is 2.58. The van der Waals surface area contributed by atoms with E-state index in [2.05, 4.69) is 4.74 Å². The molecule has 0 N–H and O–H groups in total. The fourth-order valence-corrected chi connectivity index (χ4v) is 2.24. The summed E-state index contributed by atoms with van der Waals surface area (Å²) in [6, 6.07) is 4.02. The van der Waals surface area contributed by atoms with Gasteiger partial charge < -0.3 is 4.74 Å². The standard InChI is InChI=1S/C16H13F11O2/c1-8(28)9-3-5-10(6-4-9)11(29-2)7-12(17,18)13(19,20)14(21,22)15(23,24)16(25,26)27/h3-6,11H,7H2,1-2H3. The highest BCUT2D eigenvalue weighted by atomic mass is 19.4. The Hall–Kier alpha value is -1.92. The summed E-state index contributed by atoms with van der Waals surface area (Å²) in [5.41, 5.74) is -0.268. The lowest BCUT2D eigenvalue weighted by Gasteiger charge is -2.38. The molecular formula is C16H13F11O2. The number of hydrogen-bond donors (Lipinski definition) is 0. The fraction of sp³-hybridized carbons (Fsp3) is 0.562. The molecule has 0 saturated carbocycles. The summed E-state index contributed by atoms with van der Waals surface area (Å²) in [7, 11) is 0.695. The smallest absolute Gasteiger partial charge is 0.377 e. The minimum atomic E-state index is -7.46. The van der Waals surface area contributed by atoms with Gasteiger partial charge in [-0.25, -0.2) is 0 Å². The van der Waals surface area contributed by atoms with Crippen LogP contribution in [0.3, 0.4) is 0 Å². The van der Waals surface area contributed by atoms with Crippen molar-refractivity contribution in [1.29, 1.82) is 0 Å². The number of rotatable bonds is 8. The van der Waals surface area contributed by atoms with Gasteiger partial charge in [0.15, 0.2) is 5.78 Å². The largest absolute Gasteiger partial charge is 0.460 e. The molecule has 0 saturated heterocycles. The average Bonchev–Trinajstić information content (AvgIpc) is 2.58. The van der Waals surface area contributed by atoms with Crippen LogP contribution in [0.15, 0.2) is 24.3 Å². The monoisotopic (exact) mass is 446 g/mol. The van der Waals surface area contributed by atoms with Gasteiger partial charge in [0.05, 0.1) is 6.10 Å². The first-order valence-corrected chi connectivity index (χ1v) is 7.55. The highest BCUT2D eigenvalue weighted by molar-refractivity contribution is 5.94. The lowest BCUT2D eigenvalue weighted by atomic mass is 9.92. The zero-order chi connectivity index (χ0) is 23.1. The lowest BCUT2D eigenvalue weighted by molar-refractivity contribution is -0.423. The van der Waals surface area contributed by atoms with Crippen molar-refractivity contribution in [3.8, 4) is 0 Å². The van der Waals surface area contributed by atoms with Crippen LogP contribution in [0.1, 0.15) is 35.4 Å². The van der Waals surface area contributed by atoms with Crippen LogP contribution in [-0.4, -0.2) is 42.8 Å². The summed E-state index contributed by atoms with van der Waals surface area (Å²) in [5, 5.41) is 0. The van der Waals surface area contributed by atoms with Gasteiger partial charge in [0, 0.05) is 19.1 Å². The maximum Gasteiger partial charge on any atom is 0.460 e. The number of methoxy groups -OCH3 is 1. The average molecular weight is 446 g/mol. The lowest BCUT2D eigenvalue weighted by Crippen LogP contribution is -2.66. The molecule has 1 aromatic carbocycles. The quantitative estimate of drug-likeness (QED) is 0.358. The Balaban J connectivity index is 3.28. The molecule has 0 aliphatic carbocycles. The van der Waals surface area contributed by atoms with E-state index in [1.807, 2.05) is 0 Å². The third-order valence-electron chi connectivity index (χ3n) is 4.02. The molecule has 0 radical (unpaired) electrons. The molecule has 0 fully saturated rings. The second-order valence-corrected chi connectivity index (χ2v) is 6.03. The van der Waals surface area contributed by atoms with Gasteiger partial charge in [0.2, 0.25) is 0 Å². The Morgan fingerprint density at radius 1 is 0.828 bits per heavy atom. The number of ether oxygens (including phenoxy) is 1. The molecule has 1 unspecified atom stereocenters. The van der Waals surface area contributed by atoms with Gasteiger partial charge in [-0.05, 0) is 12.5 Å². The molecule has 1 rings (SSSR count). The van der Waals surface area contributed by atoms with E-state index in [4.69, 9.17) is 0 Å². The number of halogens is 11. The van der Waals surface area contributed by atoms with E-state index < -0.39 is 48.2 Å². The van der Waals surface area contributed by atoms with Crippen molar-refractivity contribution in [3.63, 3.8) is 0 Å². The minimum Gasteiger partial charge on any atom is -0.377 e. The molecule has 1 atom stereocenters. The molecule has 1 aromatic rings. The summed E-state index contributed by atoms with van der Waals surface area (Å²) >= 11 is 0.